The van der Waals surface area contributed by atoms with E-state index < -0.39 is 10.0 Å². The fourth-order valence-electron chi connectivity index (χ4n) is 2.18. The first kappa shape index (κ1) is 13.7. The molecule has 0 N–H and O–H groups in total. The summed E-state index contributed by atoms with van der Waals surface area (Å²) in [4.78, 5) is 4.11. The first-order chi connectivity index (χ1) is 9.93. The van der Waals surface area contributed by atoms with E-state index in [2.05, 4.69) is 4.98 Å². The summed E-state index contributed by atoms with van der Waals surface area (Å²) in [5.74, 6) is 1.33. The van der Waals surface area contributed by atoms with Gasteiger partial charge in [-0.2, -0.15) is 8.42 Å². The van der Waals surface area contributed by atoms with E-state index in [-0.39, 0.29) is 5.03 Å². The Bertz CT molecular complexity index is 903. The number of fused-ring (bicyclic) bond motifs is 1. The number of hydrogen-bond donors (Lipinski definition) is 0. The van der Waals surface area contributed by atoms with Gasteiger partial charge in [0.15, 0.2) is 5.03 Å². The SMILES string of the molecule is COc1ccc2c(ccn2S(=O)(=O)c2cn(C)c(C)n2)c1. The molecule has 0 unspecified atom stereocenters. The van der Waals surface area contributed by atoms with Gasteiger partial charge in [-0.3, -0.25) is 0 Å². The van der Waals surface area contributed by atoms with Crippen LogP contribution in [0.5, 0.6) is 5.75 Å². The lowest BCUT2D eigenvalue weighted by Gasteiger charge is -2.05. The van der Waals surface area contributed by atoms with Gasteiger partial charge in [0.2, 0.25) is 0 Å². The monoisotopic (exact) mass is 305 g/mol. The number of benzene rings is 1. The van der Waals surface area contributed by atoms with Crippen molar-refractivity contribution in [3.63, 3.8) is 0 Å². The topological polar surface area (TPSA) is 66.1 Å². The molecule has 0 bridgehead atoms. The molecular formula is C14H15N3O3S. The molecule has 7 heteroatoms. The van der Waals surface area contributed by atoms with Gasteiger partial charge >= 0.3 is 0 Å². The van der Waals surface area contributed by atoms with Crippen LogP contribution in [-0.2, 0) is 17.1 Å². The molecule has 3 rings (SSSR count). The van der Waals surface area contributed by atoms with E-state index in [1.165, 1.54) is 16.4 Å². The standard InChI is InChI=1S/C14H15N3O3S/c1-10-15-14(9-16(10)2)21(18,19)17-7-6-11-8-12(20-3)4-5-13(11)17/h4-9H,1-3H3. The minimum atomic E-state index is -3.70. The Balaban J connectivity index is 2.19. The van der Waals surface area contributed by atoms with Crippen molar-refractivity contribution in [2.75, 3.05) is 7.11 Å². The predicted octanol–water partition coefficient (Wildman–Crippen LogP) is 1.93. The summed E-state index contributed by atoms with van der Waals surface area (Å²) < 4.78 is 33.4. The maximum Gasteiger partial charge on any atom is 0.287 e. The Morgan fingerprint density at radius 1 is 1.24 bits per heavy atom. The lowest BCUT2D eigenvalue weighted by molar-refractivity contribution is 0.415. The van der Waals surface area contributed by atoms with Gasteiger partial charge in [0.05, 0.1) is 12.6 Å². The van der Waals surface area contributed by atoms with Crippen LogP contribution in [0.4, 0.5) is 0 Å². The Labute approximate surface area is 122 Å². The Hall–Kier alpha value is -2.28. The highest BCUT2D eigenvalue weighted by Crippen LogP contribution is 2.25. The molecule has 3 aromatic rings. The molecule has 0 aliphatic rings. The molecule has 0 fully saturated rings. The highest BCUT2D eigenvalue weighted by atomic mass is 32.2. The van der Waals surface area contributed by atoms with Crippen molar-refractivity contribution in [2.45, 2.75) is 11.9 Å². The number of methoxy groups -OCH3 is 1. The largest absolute Gasteiger partial charge is 0.497 e. The zero-order valence-corrected chi connectivity index (χ0v) is 12.8. The minimum absolute atomic E-state index is 0.0378. The van der Waals surface area contributed by atoms with E-state index in [4.69, 9.17) is 4.74 Å². The molecule has 0 saturated carbocycles. The van der Waals surface area contributed by atoms with Gasteiger partial charge in [-0.15, -0.1) is 0 Å². The lowest BCUT2D eigenvalue weighted by atomic mass is 10.2. The smallest absolute Gasteiger partial charge is 0.287 e. The number of rotatable bonds is 3. The first-order valence-corrected chi connectivity index (χ1v) is 7.78. The van der Waals surface area contributed by atoms with Gasteiger partial charge in [-0.05, 0) is 31.2 Å². The molecule has 0 amide bonds. The van der Waals surface area contributed by atoms with Crippen LogP contribution in [-0.4, -0.2) is 29.1 Å². The van der Waals surface area contributed by atoms with E-state index >= 15 is 0 Å². The van der Waals surface area contributed by atoms with Gasteiger partial charge < -0.3 is 9.30 Å². The van der Waals surface area contributed by atoms with Gasteiger partial charge in [0.25, 0.3) is 10.0 Å². The van der Waals surface area contributed by atoms with Crippen LogP contribution < -0.4 is 4.74 Å². The number of hydrogen-bond acceptors (Lipinski definition) is 4. The second kappa shape index (κ2) is 4.63. The molecule has 0 radical (unpaired) electrons. The quantitative estimate of drug-likeness (QED) is 0.741. The molecular weight excluding hydrogens is 290 g/mol. The second-order valence-electron chi connectivity index (χ2n) is 4.78. The Morgan fingerprint density at radius 3 is 2.62 bits per heavy atom. The Kier molecular flexibility index (Phi) is 3.02. The van der Waals surface area contributed by atoms with Crippen LogP contribution in [0.15, 0.2) is 41.7 Å². The van der Waals surface area contributed by atoms with Crippen LogP contribution >= 0.6 is 0 Å². The van der Waals surface area contributed by atoms with Crippen molar-refractivity contribution in [3.05, 3.63) is 42.5 Å². The van der Waals surface area contributed by atoms with Crippen LogP contribution in [0.1, 0.15) is 5.82 Å². The highest BCUT2D eigenvalue weighted by Gasteiger charge is 2.22. The molecule has 21 heavy (non-hydrogen) atoms. The minimum Gasteiger partial charge on any atom is -0.497 e. The molecule has 1 aromatic carbocycles. The molecule has 6 nitrogen and oxygen atoms in total. The van der Waals surface area contributed by atoms with Crippen LogP contribution in [0, 0.1) is 6.92 Å². The van der Waals surface area contributed by atoms with Gasteiger partial charge in [-0.1, -0.05) is 0 Å². The number of ether oxygens (including phenoxy) is 1. The molecule has 0 atom stereocenters. The lowest BCUT2D eigenvalue weighted by Crippen LogP contribution is -2.12. The average Bonchev–Trinajstić information content (AvgIpc) is 3.03. The van der Waals surface area contributed by atoms with Crippen molar-refractivity contribution in [1.29, 1.82) is 0 Å². The molecule has 2 aromatic heterocycles. The number of nitrogens with zero attached hydrogens (tertiary/aromatic N) is 3. The number of aryl methyl sites for hydroxylation is 2. The van der Waals surface area contributed by atoms with Crippen molar-refractivity contribution in [1.82, 2.24) is 13.5 Å². The Morgan fingerprint density at radius 2 is 2.00 bits per heavy atom. The zero-order valence-electron chi connectivity index (χ0n) is 11.9. The van der Waals surface area contributed by atoms with E-state index in [9.17, 15) is 8.42 Å². The van der Waals surface area contributed by atoms with Crippen LogP contribution in [0.2, 0.25) is 0 Å². The molecule has 0 saturated heterocycles. The summed E-state index contributed by atoms with van der Waals surface area (Å²) in [6.45, 7) is 1.76. The van der Waals surface area contributed by atoms with Crippen molar-refractivity contribution >= 4 is 20.9 Å². The molecule has 0 spiro atoms. The third-order valence-corrected chi connectivity index (χ3v) is 5.03. The third kappa shape index (κ3) is 2.09. The maximum absolute atomic E-state index is 12.7. The number of aromatic nitrogens is 3. The fourth-order valence-corrected chi connectivity index (χ4v) is 3.57. The fraction of sp³-hybridized carbons (Fsp3) is 0.214. The average molecular weight is 305 g/mol. The van der Waals surface area contributed by atoms with Crippen molar-refractivity contribution < 1.29 is 13.2 Å². The van der Waals surface area contributed by atoms with E-state index in [0.29, 0.717) is 17.1 Å². The van der Waals surface area contributed by atoms with E-state index in [0.717, 1.165) is 5.39 Å². The van der Waals surface area contributed by atoms with Crippen LogP contribution in [0.3, 0.4) is 0 Å². The molecule has 0 aliphatic heterocycles. The summed E-state index contributed by atoms with van der Waals surface area (Å²) in [6.07, 6.45) is 3.05. The zero-order chi connectivity index (χ0) is 15.2. The maximum atomic E-state index is 12.7. The van der Waals surface area contributed by atoms with Gasteiger partial charge in [0.1, 0.15) is 11.6 Å². The predicted molar refractivity (Wildman–Crippen MR) is 79.0 cm³/mol. The normalized spacial score (nSPS) is 12.0. The van der Waals surface area contributed by atoms with E-state index in [1.807, 2.05) is 0 Å². The first-order valence-electron chi connectivity index (χ1n) is 6.34. The van der Waals surface area contributed by atoms with Gasteiger partial charge in [0, 0.05) is 24.8 Å². The summed E-state index contributed by atoms with van der Waals surface area (Å²) in [5.41, 5.74) is 0.596. The van der Waals surface area contributed by atoms with Gasteiger partial charge in [-0.25, -0.2) is 8.96 Å². The summed E-state index contributed by atoms with van der Waals surface area (Å²) in [6, 6.07) is 7.00. The molecule has 110 valence electrons. The molecule has 0 aliphatic carbocycles. The van der Waals surface area contributed by atoms with Crippen LogP contribution in [0.25, 0.3) is 10.9 Å². The third-order valence-electron chi connectivity index (χ3n) is 3.47. The molecule has 2 heterocycles. The summed E-state index contributed by atoms with van der Waals surface area (Å²) in [5, 5.41) is 0.835. The number of imidazole rings is 1. The van der Waals surface area contributed by atoms with Crippen molar-refractivity contribution in [3.8, 4) is 5.75 Å². The van der Waals surface area contributed by atoms with E-state index in [1.54, 1.807) is 49.9 Å². The second-order valence-corrected chi connectivity index (χ2v) is 6.54. The van der Waals surface area contributed by atoms with Crippen molar-refractivity contribution in [2.24, 2.45) is 7.05 Å². The summed E-state index contributed by atoms with van der Waals surface area (Å²) >= 11 is 0. The highest BCUT2D eigenvalue weighted by molar-refractivity contribution is 7.90. The summed E-state index contributed by atoms with van der Waals surface area (Å²) in [7, 11) is -0.361.